The number of anilines is 3. The third-order valence-electron chi connectivity index (χ3n) is 4.41. The Hall–Kier alpha value is -3.19. The van der Waals surface area contributed by atoms with Gasteiger partial charge in [-0.2, -0.15) is 0 Å². The minimum atomic E-state index is -3.29. The molecule has 0 bridgehead atoms. The molecule has 3 aromatic carbocycles. The van der Waals surface area contributed by atoms with Crippen LogP contribution in [0.5, 0.6) is 11.5 Å². The number of ether oxygens (including phenoxy) is 2. The van der Waals surface area contributed by atoms with Gasteiger partial charge in [-0.1, -0.05) is 24.3 Å². The van der Waals surface area contributed by atoms with E-state index >= 15 is 0 Å². The smallest absolute Gasteiger partial charge is 0.231 e. The number of rotatable bonds is 5. The topological polar surface area (TPSA) is 76.7 Å². The van der Waals surface area contributed by atoms with Crippen LogP contribution < -0.4 is 19.5 Å². The number of benzene rings is 3. The lowest BCUT2D eigenvalue weighted by molar-refractivity contribution is 0.174. The van der Waals surface area contributed by atoms with Crippen LogP contribution in [-0.2, 0) is 10.0 Å². The SMILES string of the molecule is Cc1ccc(-c2ccc(NS(C)(=O)=O)cc2)cc1Nc1ccc2c(c1)OCO2. The molecule has 1 aliphatic rings. The highest BCUT2D eigenvalue weighted by molar-refractivity contribution is 7.92. The molecule has 0 fully saturated rings. The summed E-state index contributed by atoms with van der Waals surface area (Å²) in [6, 6.07) is 19.2. The van der Waals surface area contributed by atoms with E-state index in [0.29, 0.717) is 5.69 Å². The quantitative estimate of drug-likeness (QED) is 0.664. The summed E-state index contributed by atoms with van der Waals surface area (Å²) in [5.74, 6) is 1.48. The first-order valence-electron chi connectivity index (χ1n) is 8.73. The maximum atomic E-state index is 11.3. The number of hydrogen-bond acceptors (Lipinski definition) is 5. The van der Waals surface area contributed by atoms with Crippen LogP contribution in [0.15, 0.2) is 60.7 Å². The van der Waals surface area contributed by atoms with Crippen molar-refractivity contribution in [3.63, 3.8) is 0 Å². The van der Waals surface area contributed by atoms with Gasteiger partial charge in [-0.3, -0.25) is 4.72 Å². The summed E-state index contributed by atoms with van der Waals surface area (Å²) in [5.41, 5.74) is 5.56. The van der Waals surface area contributed by atoms with Gasteiger partial charge in [0.15, 0.2) is 11.5 Å². The largest absolute Gasteiger partial charge is 0.454 e. The van der Waals surface area contributed by atoms with Crippen LogP contribution >= 0.6 is 0 Å². The first kappa shape index (κ1) is 18.2. The van der Waals surface area contributed by atoms with Crippen molar-refractivity contribution in [2.45, 2.75) is 6.92 Å². The second-order valence-electron chi connectivity index (χ2n) is 6.67. The van der Waals surface area contributed by atoms with Crippen molar-refractivity contribution in [2.24, 2.45) is 0 Å². The van der Waals surface area contributed by atoms with E-state index in [1.807, 2.05) is 49.4 Å². The van der Waals surface area contributed by atoms with Gasteiger partial charge in [-0.25, -0.2) is 8.42 Å². The van der Waals surface area contributed by atoms with Gasteiger partial charge in [0.25, 0.3) is 0 Å². The van der Waals surface area contributed by atoms with E-state index in [-0.39, 0.29) is 6.79 Å². The molecule has 2 N–H and O–H groups in total. The second-order valence-corrected chi connectivity index (χ2v) is 8.42. The Bertz CT molecular complexity index is 1130. The van der Waals surface area contributed by atoms with Crippen LogP contribution in [0.2, 0.25) is 0 Å². The lowest BCUT2D eigenvalue weighted by Crippen LogP contribution is -2.09. The third-order valence-corrected chi connectivity index (χ3v) is 5.02. The third kappa shape index (κ3) is 4.04. The molecule has 7 heteroatoms. The normalized spacial score (nSPS) is 12.6. The molecule has 0 saturated heterocycles. The number of nitrogens with one attached hydrogen (secondary N) is 2. The van der Waals surface area contributed by atoms with E-state index in [1.54, 1.807) is 12.1 Å². The minimum absolute atomic E-state index is 0.248. The van der Waals surface area contributed by atoms with Crippen molar-refractivity contribution in [1.29, 1.82) is 0 Å². The lowest BCUT2D eigenvalue weighted by atomic mass is 10.0. The fraction of sp³-hybridized carbons (Fsp3) is 0.143. The van der Waals surface area contributed by atoms with Crippen molar-refractivity contribution in [2.75, 3.05) is 23.1 Å². The van der Waals surface area contributed by atoms with Crippen LogP contribution in [0.4, 0.5) is 17.1 Å². The summed E-state index contributed by atoms with van der Waals surface area (Å²) in [4.78, 5) is 0. The molecule has 0 aliphatic carbocycles. The maximum absolute atomic E-state index is 11.3. The molecule has 1 heterocycles. The van der Waals surface area contributed by atoms with Crippen LogP contribution in [-0.4, -0.2) is 21.5 Å². The predicted molar refractivity (Wildman–Crippen MR) is 111 cm³/mol. The monoisotopic (exact) mass is 396 g/mol. The van der Waals surface area contributed by atoms with Gasteiger partial charge in [0.05, 0.1) is 6.26 Å². The van der Waals surface area contributed by atoms with Gasteiger partial charge in [0.2, 0.25) is 16.8 Å². The Balaban J connectivity index is 1.58. The minimum Gasteiger partial charge on any atom is -0.454 e. The molecule has 28 heavy (non-hydrogen) atoms. The first-order valence-corrected chi connectivity index (χ1v) is 10.6. The Kier molecular flexibility index (Phi) is 4.60. The predicted octanol–water partition coefficient (Wildman–Crippen LogP) is 4.51. The molecule has 0 atom stereocenters. The molecule has 3 aromatic rings. The summed E-state index contributed by atoms with van der Waals surface area (Å²) in [6.07, 6.45) is 1.13. The van der Waals surface area contributed by atoms with Crippen molar-refractivity contribution in [3.8, 4) is 22.6 Å². The van der Waals surface area contributed by atoms with E-state index in [0.717, 1.165) is 45.8 Å². The van der Waals surface area contributed by atoms with Gasteiger partial charge in [0, 0.05) is 23.1 Å². The van der Waals surface area contributed by atoms with Gasteiger partial charge < -0.3 is 14.8 Å². The summed E-state index contributed by atoms with van der Waals surface area (Å²) in [7, 11) is -3.29. The highest BCUT2D eigenvalue weighted by atomic mass is 32.2. The molecular weight excluding hydrogens is 376 g/mol. The van der Waals surface area contributed by atoms with E-state index in [2.05, 4.69) is 16.1 Å². The molecule has 0 spiro atoms. The molecule has 6 nitrogen and oxygen atoms in total. The van der Waals surface area contributed by atoms with Crippen molar-refractivity contribution in [3.05, 3.63) is 66.2 Å². The van der Waals surface area contributed by atoms with Crippen molar-refractivity contribution < 1.29 is 17.9 Å². The van der Waals surface area contributed by atoms with Gasteiger partial charge in [0.1, 0.15) is 0 Å². The zero-order valence-corrected chi connectivity index (χ0v) is 16.3. The highest BCUT2D eigenvalue weighted by Gasteiger charge is 2.13. The molecule has 1 aliphatic heterocycles. The van der Waals surface area contributed by atoms with E-state index in [4.69, 9.17) is 9.47 Å². The summed E-state index contributed by atoms with van der Waals surface area (Å²) in [5, 5.41) is 3.43. The molecule has 0 radical (unpaired) electrons. The first-order chi connectivity index (χ1) is 13.4. The Morgan fingerprint density at radius 1 is 0.821 bits per heavy atom. The molecule has 4 rings (SSSR count). The number of fused-ring (bicyclic) bond motifs is 1. The van der Waals surface area contributed by atoms with E-state index in [1.165, 1.54) is 0 Å². The second kappa shape index (κ2) is 7.09. The van der Waals surface area contributed by atoms with Crippen LogP contribution in [0.3, 0.4) is 0 Å². The standard InChI is InChI=1S/C21H20N2O4S/c1-14-3-4-16(15-5-7-17(8-6-15)23-28(2,24)25)11-19(14)22-18-9-10-20-21(12-18)27-13-26-20/h3-12,22-23H,13H2,1-2H3. The highest BCUT2D eigenvalue weighted by Crippen LogP contribution is 2.36. The van der Waals surface area contributed by atoms with Crippen LogP contribution in [0, 0.1) is 6.92 Å². The zero-order chi connectivity index (χ0) is 19.7. The summed E-state index contributed by atoms with van der Waals surface area (Å²) < 4.78 is 35.9. The molecular formula is C21H20N2O4S. The van der Waals surface area contributed by atoms with Gasteiger partial charge >= 0.3 is 0 Å². The summed E-state index contributed by atoms with van der Waals surface area (Å²) >= 11 is 0. The maximum Gasteiger partial charge on any atom is 0.231 e. The van der Waals surface area contributed by atoms with E-state index in [9.17, 15) is 8.42 Å². The lowest BCUT2D eigenvalue weighted by Gasteiger charge is -2.13. The molecule has 144 valence electrons. The molecule has 0 aromatic heterocycles. The van der Waals surface area contributed by atoms with E-state index < -0.39 is 10.0 Å². The fourth-order valence-corrected chi connectivity index (χ4v) is 3.58. The van der Waals surface area contributed by atoms with Crippen LogP contribution in [0.25, 0.3) is 11.1 Å². The van der Waals surface area contributed by atoms with Crippen LogP contribution in [0.1, 0.15) is 5.56 Å². The van der Waals surface area contributed by atoms with Crippen molar-refractivity contribution in [1.82, 2.24) is 0 Å². The Morgan fingerprint density at radius 2 is 1.50 bits per heavy atom. The molecule has 0 saturated carbocycles. The molecule has 0 unspecified atom stereocenters. The van der Waals surface area contributed by atoms with Gasteiger partial charge in [-0.05, 0) is 53.9 Å². The average Bonchev–Trinajstić information content (AvgIpc) is 3.11. The molecule has 0 amide bonds. The number of sulfonamides is 1. The Labute approximate surface area is 164 Å². The number of hydrogen-bond donors (Lipinski definition) is 2. The zero-order valence-electron chi connectivity index (χ0n) is 15.5. The summed E-state index contributed by atoms with van der Waals surface area (Å²) in [6.45, 7) is 2.29. The Morgan fingerprint density at radius 3 is 2.25 bits per heavy atom. The van der Waals surface area contributed by atoms with Gasteiger partial charge in [-0.15, -0.1) is 0 Å². The number of aryl methyl sites for hydroxylation is 1. The average molecular weight is 396 g/mol. The fourth-order valence-electron chi connectivity index (χ4n) is 3.01. The van der Waals surface area contributed by atoms with Crippen molar-refractivity contribution >= 4 is 27.1 Å².